The minimum Gasteiger partial charge on any atom is -0.384 e. The molecule has 0 aliphatic heterocycles. The maximum Gasteiger partial charge on any atom is 0.255 e. The molecule has 0 atom stereocenters. The van der Waals surface area contributed by atoms with Gasteiger partial charge in [0.2, 0.25) is 10.0 Å². The molecule has 8 heteroatoms. The predicted molar refractivity (Wildman–Crippen MR) is 109 cm³/mol. The van der Waals surface area contributed by atoms with Gasteiger partial charge >= 0.3 is 0 Å². The van der Waals surface area contributed by atoms with Crippen molar-refractivity contribution in [3.63, 3.8) is 0 Å². The molecule has 6 N–H and O–H groups in total. The van der Waals surface area contributed by atoms with Crippen LogP contribution in [-0.4, -0.2) is 20.2 Å². The van der Waals surface area contributed by atoms with Gasteiger partial charge in [0, 0.05) is 22.4 Å². The molecule has 0 heterocycles. The summed E-state index contributed by atoms with van der Waals surface area (Å²) in [7, 11) is -3.85. The van der Waals surface area contributed by atoms with Crippen molar-refractivity contribution in [1.82, 2.24) is 0 Å². The Morgan fingerprint density at radius 1 is 0.857 bits per heavy atom. The lowest BCUT2D eigenvalue weighted by Gasteiger charge is -2.10. The van der Waals surface area contributed by atoms with E-state index in [9.17, 15) is 13.2 Å². The van der Waals surface area contributed by atoms with Crippen LogP contribution in [0.4, 0.5) is 5.69 Å². The van der Waals surface area contributed by atoms with Gasteiger partial charge in [-0.25, -0.2) is 13.6 Å². The first-order valence-electron chi connectivity index (χ1n) is 8.24. The number of hydrogen-bond donors (Lipinski definition) is 4. The fourth-order valence-electron chi connectivity index (χ4n) is 2.69. The van der Waals surface area contributed by atoms with Crippen LogP contribution in [0.15, 0.2) is 77.7 Å². The summed E-state index contributed by atoms with van der Waals surface area (Å²) in [4.78, 5) is 12.4. The van der Waals surface area contributed by atoms with Crippen molar-refractivity contribution in [2.24, 2.45) is 10.9 Å². The van der Waals surface area contributed by atoms with Crippen molar-refractivity contribution in [1.29, 1.82) is 5.41 Å². The molecule has 0 fully saturated rings. The molecule has 0 bridgehead atoms. The van der Waals surface area contributed by atoms with Crippen LogP contribution < -0.4 is 16.2 Å². The number of nitrogen functional groups attached to an aromatic ring is 1. The van der Waals surface area contributed by atoms with E-state index in [0.29, 0.717) is 27.9 Å². The Morgan fingerprint density at radius 2 is 1.43 bits per heavy atom. The molecule has 0 aliphatic carbocycles. The molecule has 3 aromatic carbocycles. The Morgan fingerprint density at radius 3 is 2.00 bits per heavy atom. The van der Waals surface area contributed by atoms with Crippen LogP contribution in [0.3, 0.4) is 0 Å². The van der Waals surface area contributed by atoms with E-state index in [1.165, 1.54) is 6.07 Å². The summed E-state index contributed by atoms with van der Waals surface area (Å²) in [6.07, 6.45) is 0. The van der Waals surface area contributed by atoms with E-state index in [4.69, 9.17) is 16.3 Å². The minimum atomic E-state index is -3.85. The number of nitrogens with two attached hydrogens (primary N) is 2. The second-order valence-corrected chi connectivity index (χ2v) is 7.59. The van der Waals surface area contributed by atoms with E-state index in [0.717, 1.165) is 0 Å². The Labute approximate surface area is 162 Å². The number of hydrogen-bond acceptors (Lipinski definition) is 4. The number of benzene rings is 3. The number of amides is 1. The van der Waals surface area contributed by atoms with E-state index >= 15 is 0 Å². The predicted octanol–water partition coefficient (Wildman–Crippen LogP) is 2.54. The normalized spacial score (nSPS) is 11.0. The highest BCUT2D eigenvalue weighted by Gasteiger charge is 2.14. The molecule has 28 heavy (non-hydrogen) atoms. The zero-order valence-electron chi connectivity index (χ0n) is 14.7. The van der Waals surface area contributed by atoms with Gasteiger partial charge in [-0.05, 0) is 35.9 Å². The van der Waals surface area contributed by atoms with Crippen LogP contribution in [0, 0.1) is 5.41 Å². The standard InChI is InChI=1S/C20H18N4O3S/c21-19(22)14-5-7-15(8-6-14)20(25)24-16-11-9-13(10-12-16)17-3-1-2-4-18(17)28(23,26)27/h1-12H,(H3,21,22)(H,24,25)(H2,23,26,27). The molecule has 0 spiro atoms. The van der Waals surface area contributed by atoms with Gasteiger partial charge in [0.05, 0.1) is 4.90 Å². The second-order valence-electron chi connectivity index (χ2n) is 6.06. The largest absolute Gasteiger partial charge is 0.384 e. The SMILES string of the molecule is N=C(N)c1ccc(C(=O)Nc2ccc(-c3ccccc3S(N)(=O)=O)cc2)cc1. The van der Waals surface area contributed by atoms with Crippen LogP contribution in [-0.2, 0) is 10.0 Å². The number of carbonyl (C=O) groups excluding carboxylic acids is 1. The number of sulfonamides is 1. The van der Waals surface area contributed by atoms with Gasteiger partial charge in [0.15, 0.2) is 0 Å². The molecule has 3 aromatic rings. The molecule has 0 aliphatic rings. The molecule has 0 aromatic heterocycles. The number of nitrogens with one attached hydrogen (secondary N) is 2. The van der Waals surface area contributed by atoms with Crippen molar-refractivity contribution in [2.75, 3.05) is 5.32 Å². The van der Waals surface area contributed by atoms with Crippen molar-refractivity contribution in [3.05, 3.63) is 83.9 Å². The minimum absolute atomic E-state index is 0.0392. The molecule has 0 saturated heterocycles. The number of amidine groups is 1. The molecule has 0 saturated carbocycles. The first kappa shape index (κ1) is 19.3. The van der Waals surface area contributed by atoms with Crippen molar-refractivity contribution >= 4 is 27.5 Å². The Kier molecular flexibility index (Phi) is 5.25. The van der Waals surface area contributed by atoms with E-state index in [1.54, 1.807) is 66.7 Å². The summed E-state index contributed by atoms with van der Waals surface area (Å²) >= 11 is 0. The molecule has 3 rings (SSSR count). The summed E-state index contributed by atoms with van der Waals surface area (Å²) in [5.74, 6) is -0.380. The monoisotopic (exact) mass is 394 g/mol. The highest BCUT2D eigenvalue weighted by molar-refractivity contribution is 7.89. The van der Waals surface area contributed by atoms with E-state index < -0.39 is 10.0 Å². The summed E-state index contributed by atoms with van der Waals surface area (Å²) < 4.78 is 23.5. The second kappa shape index (κ2) is 7.63. The molecule has 1 amide bonds. The molecular weight excluding hydrogens is 376 g/mol. The van der Waals surface area contributed by atoms with Gasteiger partial charge in [-0.1, -0.05) is 42.5 Å². The van der Waals surface area contributed by atoms with Gasteiger partial charge in [-0.3, -0.25) is 10.2 Å². The third-order valence-corrected chi connectivity index (χ3v) is 5.07. The van der Waals surface area contributed by atoms with Crippen LogP contribution in [0.5, 0.6) is 0 Å². The Hall–Kier alpha value is -3.49. The van der Waals surface area contributed by atoms with Gasteiger partial charge < -0.3 is 11.1 Å². The third kappa shape index (κ3) is 4.25. The zero-order chi connectivity index (χ0) is 20.3. The van der Waals surface area contributed by atoms with Gasteiger partial charge in [-0.2, -0.15) is 0 Å². The van der Waals surface area contributed by atoms with Crippen molar-refractivity contribution in [3.8, 4) is 11.1 Å². The molecule has 0 unspecified atom stereocenters. The summed E-state index contributed by atoms with van der Waals surface area (Å²) in [6.45, 7) is 0. The van der Waals surface area contributed by atoms with Gasteiger partial charge in [0.1, 0.15) is 5.84 Å². The fourth-order valence-corrected chi connectivity index (χ4v) is 3.45. The lowest BCUT2D eigenvalue weighted by Crippen LogP contribution is -2.14. The first-order chi connectivity index (χ1) is 13.3. The molecular formula is C20H18N4O3S. The van der Waals surface area contributed by atoms with Crippen LogP contribution in [0.2, 0.25) is 0 Å². The Bertz CT molecular complexity index is 1140. The lowest BCUT2D eigenvalue weighted by molar-refractivity contribution is 0.102. The molecule has 142 valence electrons. The van der Waals surface area contributed by atoms with E-state index in [1.807, 2.05) is 0 Å². The quantitative estimate of drug-likeness (QED) is 0.390. The average molecular weight is 394 g/mol. The Balaban J connectivity index is 1.80. The van der Waals surface area contributed by atoms with E-state index in [2.05, 4.69) is 5.32 Å². The smallest absolute Gasteiger partial charge is 0.255 e. The number of carbonyl (C=O) groups is 1. The molecule has 0 radical (unpaired) electrons. The topological polar surface area (TPSA) is 139 Å². The number of primary sulfonamides is 1. The highest BCUT2D eigenvalue weighted by Crippen LogP contribution is 2.27. The summed E-state index contributed by atoms with van der Waals surface area (Å²) in [5.41, 5.74) is 8.06. The van der Waals surface area contributed by atoms with Crippen LogP contribution >= 0.6 is 0 Å². The maximum atomic E-state index is 12.3. The highest BCUT2D eigenvalue weighted by atomic mass is 32.2. The zero-order valence-corrected chi connectivity index (χ0v) is 15.5. The fraction of sp³-hybridized carbons (Fsp3) is 0. The number of rotatable bonds is 5. The summed E-state index contributed by atoms with van der Waals surface area (Å²) in [6, 6.07) is 19.6. The lowest BCUT2D eigenvalue weighted by atomic mass is 10.1. The average Bonchev–Trinajstić information content (AvgIpc) is 2.68. The first-order valence-corrected chi connectivity index (χ1v) is 9.78. The molecule has 7 nitrogen and oxygen atoms in total. The van der Waals surface area contributed by atoms with Crippen LogP contribution in [0.1, 0.15) is 15.9 Å². The summed E-state index contributed by atoms with van der Waals surface area (Å²) in [5, 5.41) is 15.4. The van der Waals surface area contributed by atoms with Crippen molar-refractivity contribution < 1.29 is 13.2 Å². The third-order valence-electron chi connectivity index (χ3n) is 4.11. The van der Waals surface area contributed by atoms with Gasteiger partial charge in [-0.15, -0.1) is 0 Å². The van der Waals surface area contributed by atoms with Crippen molar-refractivity contribution in [2.45, 2.75) is 4.90 Å². The van der Waals surface area contributed by atoms with Gasteiger partial charge in [0.25, 0.3) is 5.91 Å². The van der Waals surface area contributed by atoms with Crippen LogP contribution in [0.25, 0.3) is 11.1 Å². The maximum absolute atomic E-state index is 12.3. The van der Waals surface area contributed by atoms with E-state index in [-0.39, 0.29) is 16.6 Å². The number of anilines is 1.